The van der Waals surface area contributed by atoms with E-state index in [1.165, 1.54) is 5.56 Å². The lowest BCUT2D eigenvalue weighted by Crippen LogP contribution is -2.47. The quantitative estimate of drug-likeness (QED) is 0.940. The van der Waals surface area contributed by atoms with E-state index in [0.29, 0.717) is 19.8 Å². The molecule has 0 atom stereocenters. The lowest BCUT2D eigenvalue weighted by molar-refractivity contribution is -0.130. The van der Waals surface area contributed by atoms with E-state index >= 15 is 0 Å². The third-order valence-electron chi connectivity index (χ3n) is 4.68. The van der Waals surface area contributed by atoms with Gasteiger partial charge in [0.05, 0.1) is 5.41 Å². The summed E-state index contributed by atoms with van der Waals surface area (Å²) in [5.41, 5.74) is 2.97. The highest BCUT2D eigenvalue weighted by molar-refractivity contribution is 5.88. The Morgan fingerprint density at radius 2 is 1.70 bits per heavy atom. The molecule has 0 radical (unpaired) electrons. The van der Waals surface area contributed by atoms with Crippen LogP contribution >= 0.6 is 0 Å². The minimum absolute atomic E-state index is 0.104. The Morgan fingerprint density at radius 3 is 2.35 bits per heavy atom. The number of benzene rings is 2. The number of carbonyl (C=O) groups excluding carboxylic acids is 1. The van der Waals surface area contributed by atoms with Crippen LogP contribution in [0.15, 0.2) is 54.6 Å². The number of rotatable bonds is 4. The molecule has 0 bridgehead atoms. The molecule has 3 rings (SSSR count). The van der Waals surface area contributed by atoms with Crippen LogP contribution in [0.5, 0.6) is 0 Å². The molecule has 0 aliphatic carbocycles. The summed E-state index contributed by atoms with van der Waals surface area (Å²) in [5, 5.41) is 3.13. The topological polar surface area (TPSA) is 38.3 Å². The fourth-order valence-electron chi connectivity index (χ4n) is 3.18. The second kappa shape index (κ2) is 6.97. The number of aryl methyl sites for hydroxylation is 1. The van der Waals surface area contributed by atoms with Gasteiger partial charge in [-0.1, -0.05) is 60.2 Å². The number of hydrogen-bond acceptors (Lipinski definition) is 2. The van der Waals surface area contributed by atoms with Gasteiger partial charge in [-0.2, -0.15) is 0 Å². The smallest absolute Gasteiger partial charge is 0.231 e. The van der Waals surface area contributed by atoms with Crippen molar-refractivity contribution >= 4 is 5.91 Å². The Bertz CT molecular complexity index is 643. The van der Waals surface area contributed by atoms with Gasteiger partial charge in [0.15, 0.2) is 0 Å². The van der Waals surface area contributed by atoms with Crippen molar-refractivity contribution in [3.63, 3.8) is 0 Å². The van der Waals surface area contributed by atoms with Crippen LogP contribution in [-0.2, 0) is 21.5 Å². The number of hydrogen-bond donors (Lipinski definition) is 1. The Morgan fingerprint density at radius 1 is 1.04 bits per heavy atom. The van der Waals surface area contributed by atoms with Gasteiger partial charge in [-0.05, 0) is 30.9 Å². The molecule has 1 amide bonds. The molecule has 1 fully saturated rings. The third kappa shape index (κ3) is 3.45. The summed E-state index contributed by atoms with van der Waals surface area (Å²) >= 11 is 0. The van der Waals surface area contributed by atoms with Crippen LogP contribution < -0.4 is 5.32 Å². The molecule has 1 heterocycles. The molecule has 0 aromatic heterocycles. The van der Waals surface area contributed by atoms with E-state index in [-0.39, 0.29) is 5.91 Å². The predicted molar refractivity (Wildman–Crippen MR) is 91.2 cm³/mol. The molecular formula is C20H23NO2. The number of amides is 1. The van der Waals surface area contributed by atoms with E-state index in [0.717, 1.165) is 24.0 Å². The summed E-state index contributed by atoms with van der Waals surface area (Å²) in [6.45, 7) is 3.89. The molecule has 2 aromatic carbocycles. The summed E-state index contributed by atoms with van der Waals surface area (Å²) in [6, 6.07) is 18.4. The first-order valence-electron chi connectivity index (χ1n) is 8.18. The van der Waals surface area contributed by atoms with Crippen LogP contribution in [0.2, 0.25) is 0 Å². The highest BCUT2D eigenvalue weighted by atomic mass is 16.5. The molecule has 3 nitrogen and oxygen atoms in total. The molecule has 0 unspecified atom stereocenters. The standard InChI is InChI=1S/C20H23NO2/c1-16-7-9-17(10-8-16)15-21-19(22)20(11-13-23-14-12-20)18-5-3-2-4-6-18/h2-10H,11-15H2,1H3,(H,21,22). The molecule has 1 saturated heterocycles. The SMILES string of the molecule is Cc1ccc(CNC(=O)C2(c3ccccc3)CCOCC2)cc1. The van der Waals surface area contributed by atoms with Gasteiger partial charge in [0.1, 0.15) is 0 Å². The van der Waals surface area contributed by atoms with Gasteiger partial charge >= 0.3 is 0 Å². The molecule has 120 valence electrons. The first kappa shape index (κ1) is 15.8. The lowest BCUT2D eigenvalue weighted by Gasteiger charge is -2.36. The fraction of sp³-hybridized carbons (Fsp3) is 0.350. The zero-order valence-corrected chi connectivity index (χ0v) is 13.5. The first-order valence-corrected chi connectivity index (χ1v) is 8.18. The van der Waals surface area contributed by atoms with E-state index in [9.17, 15) is 4.79 Å². The van der Waals surface area contributed by atoms with Crippen LogP contribution in [0.1, 0.15) is 29.5 Å². The van der Waals surface area contributed by atoms with E-state index in [1.54, 1.807) is 0 Å². The van der Waals surface area contributed by atoms with Crippen LogP contribution in [0, 0.1) is 6.92 Å². The average Bonchev–Trinajstić information content (AvgIpc) is 2.62. The first-order chi connectivity index (χ1) is 11.2. The van der Waals surface area contributed by atoms with Crippen molar-refractivity contribution < 1.29 is 9.53 Å². The van der Waals surface area contributed by atoms with Gasteiger partial charge in [-0.25, -0.2) is 0 Å². The zero-order chi connectivity index (χ0) is 16.1. The molecule has 23 heavy (non-hydrogen) atoms. The van der Waals surface area contributed by atoms with Gasteiger partial charge in [0.2, 0.25) is 5.91 Å². The summed E-state index contributed by atoms with van der Waals surface area (Å²) in [5.74, 6) is 0.104. The summed E-state index contributed by atoms with van der Waals surface area (Å²) in [4.78, 5) is 13.0. The van der Waals surface area contributed by atoms with Crippen LogP contribution in [0.3, 0.4) is 0 Å². The average molecular weight is 309 g/mol. The molecule has 0 saturated carbocycles. The van der Waals surface area contributed by atoms with Crippen molar-refractivity contribution in [1.82, 2.24) is 5.32 Å². The molecule has 0 spiro atoms. The van der Waals surface area contributed by atoms with Crippen molar-refractivity contribution in [3.05, 3.63) is 71.3 Å². The molecule has 1 aliphatic rings. The second-order valence-corrected chi connectivity index (χ2v) is 6.23. The van der Waals surface area contributed by atoms with Crippen LogP contribution in [0.4, 0.5) is 0 Å². The lowest BCUT2D eigenvalue weighted by atomic mass is 9.73. The largest absolute Gasteiger partial charge is 0.381 e. The number of ether oxygens (including phenoxy) is 1. The van der Waals surface area contributed by atoms with E-state index < -0.39 is 5.41 Å². The Kier molecular flexibility index (Phi) is 4.77. The molecule has 3 heteroatoms. The number of nitrogens with one attached hydrogen (secondary N) is 1. The summed E-state index contributed by atoms with van der Waals surface area (Å²) < 4.78 is 5.49. The van der Waals surface area contributed by atoms with Crippen LogP contribution in [0.25, 0.3) is 0 Å². The highest BCUT2D eigenvalue weighted by Gasteiger charge is 2.41. The monoisotopic (exact) mass is 309 g/mol. The predicted octanol–water partition coefficient (Wildman–Crippen LogP) is 3.36. The highest BCUT2D eigenvalue weighted by Crippen LogP contribution is 2.35. The Labute approximate surface area is 137 Å². The van der Waals surface area contributed by atoms with Crippen molar-refractivity contribution in [1.29, 1.82) is 0 Å². The van der Waals surface area contributed by atoms with E-state index in [4.69, 9.17) is 4.74 Å². The van der Waals surface area contributed by atoms with Gasteiger partial charge in [-0.15, -0.1) is 0 Å². The second-order valence-electron chi connectivity index (χ2n) is 6.23. The van der Waals surface area contributed by atoms with Gasteiger partial charge in [-0.3, -0.25) is 4.79 Å². The van der Waals surface area contributed by atoms with Crippen molar-refractivity contribution in [2.45, 2.75) is 31.7 Å². The molecule has 1 aliphatic heterocycles. The molecule has 1 N–H and O–H groups in total. The van der Waals surface area contributed by atoms with Gasteiger partial charge < -0.3 is 10.1 Å². The third-order valence-corrected chi connectivity index (χ3v) is 4.68. The van der Waals surface area contributed by atoms with Crippen LogP contribution in [-0.4, -0.2) is 19.1 Å². The maximum Gasteiger partial charge on any atom is 0.231 e. The minimum Gasteiger partial charge on any atom is -0.381 e. The number of carbonyl (C=O) groups is 1. The van der Waals surface area contributed by atoms with Crippen molar-refractivity contribution in [2.24, 2.45) is 0 Å². The molecule has 2 aromatic rings. The minimum atomic E-state index is -0.468. The maximum atomic E-state index is 13.0. The van der Waals surface area contributed by atoms with Gasteiger partial charge in [0, 0.05) is 19.8 Å². The Hall–Kier alpha value is -2.13. The maximum absolute atomic E-state index is 13.0. The molecular weight excluding hydrogens is 286 g/mol. The van der Waals surface area contributed by atoms with Gasteiger partial charge in [0.25, 0.3) is 0 Å². The van der Waals surface area contributed by atoms with Crippen molar-refractivity contribution in [2.75, 3.05) is 13.2 Å². The zero-order valence-electron chi connectivity index (χ0n) is 13.5. The fourth-order valence-corrected chi connectivity index (χ4v) is 3.18. The van der Waals surface area contributed by atoms with E-state index in [1.807, 2.05) is 18.2 Å². The Balaban J connectivity index is 1.77. The van der Waals surface area contributed by atoms with Crippen molar-refractivity contribution in [3.8, 4) is 0 Å². The summed E-state index contributed by atoms with van der Waals surface area (Å²) in [7, 11) is 0. The normalized spacial score (nSPS) is 16.7. The van der Waals surface area contributed by atoms with E-state index in [2.05, 4.69) is 48.6 Å². The summed E-state index contributed by atoms with van der Waals surface area (Å²) in [6.07, 6.45) is 1.47.